The van der Waals surface area contributed by atoms with Gasteiger partial charge in [0.25, 0.3) is 5.69 Å². The third kappa shape index (κ3) is 3.78. The van der Waals surface area contributed by atoms with Gasteiger partial charge < -0.3 is 10.2 Å². The van der Waals surface area contributed by atoms with Crippen molar-refractivity contribution >= 4 is 28.0 Å². The maximum absolute atomic E-state index is 10.8. The molecule has 1 aromatic heterocycles. The predicted molar refractivity (Wildman–Crippen MR) is 117 cm³/mol. The lowest BCUT2D eigenvalue weighted by atomic mass is 9.94. The van der Waals surface area contributed by atoms with Crippen molar-refractivity contribution < 1.29 is 15.1 Å². The minimum absolute atomic E-state index is 0.0303. The normalized spacial score (nSPS) is 11.3. The number of aromatic nitrogens is 1. The fraction of sp³-hybridized carbons (Fsp3) is 0.0870. The molecule has 31 heavy (non-hydrogen) atoms. The van der Waals surface area contributed by atoms with Crippen molar-refractivity contribution in [2.75, 3.05) is 0 Å². The average Bonchev–Trinajstić information content (AvgIpc) is 2.77. The summed E-state index contributed by atoms with van der Waals surface area (Å²) in [5.41, 5.74) is 3.26. The Labute approximate surface area is 177 Å². The van der Waals surface area contributed by atoms with Crippen LogP contribution in [-0.4, -0.2) is 20.1 Å². The Morgan fingerprint density at radius 3 is 2.19 bits per heavy atom. The number of hydrogen-bond acceptors (Lipinski definition) is 7. The Hall–Kier alpha value is -4.33. The summed E-state index contributed by atoms with van der Waals surface area (Å²) in [6, 6.07) is 15.5. The molecule has 0 aliphatic heterocycles. The van der Waals surface area contributed by atoms with Crippen LogP contribution in [0.4, 0.5) is 17.2 Å². The molecular formula is C23H18N4O4. The average molecular weight is 414 g/mol. The van der Waals surface area contributed by atoms with E-state index in [9.17, 15) is 20.3 Å². The Morgan fingerprint density at radius 2 is 1.58 bits per heavy atom. The van der Waals surface area contributed by atoms with Gasteiger partial charge >= 0.3 is 0 Å². The fourth-order valence-electron chi connectivity index (χ4n) is 3.42. The first-order valence-corrected chi connectivity index (χ1v) is 9.42. The highest BCUT2D eigenvalue weighted by Crippen LogP contribution is 2.42. The topological polar surface area (TPSA) is 121 Å². The van der Waals surface area contributed by atoms with Gasteiger partial charge in [-0.15, -0.1) is 10.2 Å². The number of nitro groups is 1. The number of nitrogens with zero attached hydrogens (tertiary/aromatic N) is 4. The summed E-state index contributed by atoms with van der Waals surface area (Å²) in [5.74, 6) is 0.393. The van der Waals surface area contributed by atoms with Gasteiger partial charge in [0.1, 0.15) is 17.6 Å². The van der Waals surface area contributed by atoms with Crippen LogP contribution in [0.15, 0.2) is 71.0 Å². The molecule has 0 bridgehead atoms. The van der Waals surface area contributed by atoms with Crippen LogP contribution in [0.1, 0.15) is 11.1 Å². The van der Waals surface area contributed by atoms with Crippen molar-refractivity contribution in [1.82, 2.24) is 4.98 Å². The second kappa shape index (κ2) is 7.83. The zero-order valence-corrected chi connectivity index (χ0v) is 16.8. The molecule has 154 valence electrons. The molecule has 0 saturated carbocycles. The van der Waals surface area contributed by atoms with Crippen molar-refractivity contribution in [2.24, 2.45) is 10.2 Å². The maximum Gasteiger partial charge on any atom is 0.287 e. The second-order valence-electron chi connectivity index (χ2n) is 7.13. The molecule has 8 heteroatoms. The molecule has 2 N–H and O–H groups in total. The number of hydrogen-bond donors (Lipinski definition) is 2. The largest absolute Gasteiger partial charge is 0.507 e. The van der Waals surface area contributed by atoms with E-state index in [-0.39, 0.29) is 28.7 Å². The zero-order chi connectivity index (χ0) is 22.1. The van der Waals surface area contributed by atoms with Crippen molar-refractivity contribution in [2.45, 2.75) is 13.8 Å². The number of benzene rings is 3. The highest BCUT2D eigenvalue weighted by atomic mass is 16.6. The van der Waals surface area contributed by atoms with Crippen LogP contribution in [0.25, 0.3) is 21.9 Å². The number of phenols is 2. The molecule has 0 atom stereocenters. The van der Waals surface area contributed by atoms with Crippen LogP contribution in [0, 0.1) is 24.0 Å². The van der Waals surface area contributed by atoms with E-state index in [2.05, 4.69) is 15.2 Å². The van der Waals surface area contributed by atoms with E-state index in [1.54, 1.807) is 12.1 Å². The van der Waals surface area contributed by atoms with E-state index in [0.717, 1.165) is 33.8 Å². The summed E-state index contributed by atoms with van der Waals surface area (Å²) in [7, 11) is 0. The summed E-state index contributed by atoms with van der Waals surface area (Å²) in [4.78, 5) is 14.1. The number of rotatable bonds is 4. The van der Waals surface area contributed by atoms with E-state index < -0.39 is 4.92 Å². The number of phenolic OH excluding ortho intramolecular Hbond substituents is 2. The van der Waals surface area contributed by atoms with Crippen molar-refractivity contribution in [1.29, 1.82) is 0 Å². The van der Waals surface area contributed by atoms with E-state index in [1.165, 1.54) is 12.1 Å². The number of azo groups is 1. The molecule has 0 unspecified atom stereocenters. The monoisotopic (exact) mass is 414 g/mol. The molecule has 4 rings (SSSR count). The molecule has 0 spiro atoms. The third-order valence-corrected chi connectivity index (χ3v) is 5.00. The first kappa shape index (κ1) is 20.0. The van der Waals surface area contributed by atoms with E-state index >= 15 is 0 Å². The molecule has 0 fully saturated rings. The van der Waals surface area contributed by atoms with Gasteiger partial charge in [0.2, 0.25) is 0 Å². The molecular weight excluding hydrogens is 396 g/mol. The minimum atomic E-state index is -0.545. The Balaban J connectivity index is 1.85. The minimum Gasteiger partial charge on any atom is -0.507 e. The van der Waals surface area contributed by atoms with Crippen LogP contribution in [0.2, 0.25) is 0 Å². The first-order chi connectivity index (χ1) is 14.8. The van der Waals surface area contributed by atoms with Gasteiger partial charge in [-0.1, -0.05) is 24.3 Å². The van der Waals surface area contributed by atoms with E-state index in [1.807, 2.05) is 44.2 Å². The molecule has 8 nitrogen and oxygen atoms in total. The molecule has 3 aromatic carbocycles. The molecule has 4 aromatic rings. The number of pyridine rings is 1. The molecule has 0 saturated heterocycles. The molecule has 0 radical (unpaired) electrons. The standard InChI is InChI=1S/C23H18N4O4/c1-13-9-15(10-14(2)22(13)28)19-11-20(23(29)18-6-4-3-5-17(18)19)25-26-21-8-7-16(12-24-21)27(30)31/h3-12,28-29H,1-2H3. The third-order valence-electron chi connectivity index (χ3n) is 5.00. The number of aryl methyl sites for hydroxylation is 2. The molecule has 0 aliphatic carbocycles. The SMILES string of the molecule is Cc1cc(-c2cc(N=Nc3ccc([N+](=O)[O-])cn3)c(O)c3ccccc23)cc(C)c1O. The fourth-order valence-corrected chi connectivity index (χ4v) is 3.42. The number of fused-ring (bicyclic) bond motifs is 1. The van der Waals surface area contributed by atoms with E-state index in [4.69, 9.17) is 0 Å². The molecule has 0 amide bonds. The van der Waals surface area contributed by atoms with Crippen LogP contribution >= 0.6 is 0 Å². The van der Waals surface area contributed by atoms with Gasteiger partial charge in [-0.3, -0.25) is 10.1 Å². The highest BCUT2D eigenvalue weighted by Gasteiger charge is 2.14. The summed E-state index contributed by atoms with van der Waals surface area (Å²) in [5, 5.41) is 41.3. The highest BCUT2D eigenvalue weighted by molar-refractivity contribution is 6.03. The van der Waals surface area contributed by atoms with Gasteiger partial charge in [0.05, 0.1) is 4.92 Å². The van der Waals surface area contributed by atoms with Crippen LogP contribution in [-0.2, 0) is 0 Å². The Morgan fingerprint density at radius 1 is 0.903 bits per heavy atom. The lowest BCUT2D eigenvalue weighted by Gasteiger charge is -2.13. The summed E-state index contributed by atoms with van der Waals surface area (Å²) < 4.78 is 0. The van der Waals surface area contributed by atoms with Gasteiger partial charge in [-0.25, -0.2) is 4.98 Å². The smallest absolute Gasteiger partial charge is 0.287 e. The van der Waals surface area contributed by atoms with Crippen LogP contribution < -0.4 is 0 Å². The molecule has 1 heterocycles. The lowest BCUT2D eigenvalue weighted by Crippen LogP contribution is -1.88. The van der Waals surface area contributed by atoms with Gasteiger partial charge in [-0.2, -0.15) is 0 Å². The first-order valence-electron chi connectivity index (χ1n) is 9.42. The zero-order valence-electron chi connectivity index (χ0n) is 16.8. The summed E-state index contributed by atoms with van der Waals surface area (Å²) >= 11 is 0. The lowest BCUT2D eigenvalue weighted by molar-refractivity contribution is -0.385. The van der Waals surface area contributed by atoms with Crippen molar-refractivity contribution in [3.63, 3.8) is 0 Å². The van der Waals surface area contributed by atoms with Gasteiger partial charge in [0, 0.05) is 11.5 Å². The van der Waals surface area contributed by atoms with Gasteiger partial charge in [0.15, 0.2) is 11.6 Å². The Bertz CT molecular complexity index is 1330. The van der Waals surface area contributed by atoms with Crippen molar-refractivity contribution in [3.05, 3.63) is 82.0 Å². The van der Waals surface area contributed by atoms with Crippen molar-refractivity contribution in [3.8, 4) is 22.6 Å². The van der Waals surface area contributed by atoms with E-state index in [0.29, 0.717) is 5.39 Å². The van der Waals surface area contributed by atoms with Crippen LogP contribution in [0.3, 0.4) is 0 Å². The van der Waals surface area contributed by atoms with Crippen LogP contribution in [0.5, 0.6) is 11.5 Å². The maximum atomic E-state index is 10.8. The summed E-state index contributed by atoms with van der Waals surface area (Å²) in [6.07, 6.45) is 1.10. The number of aromatic hydroxyl groups is 2. The Kier molecular flexibility index (Phi) is 5.04. The second-order valence-corrected chi connectivity index (χ2v) is 7.13. The summed E-state index contributed by atoms with van der Waals surface area (Å²) in [6.45, 7) is 3.66. The molecule has 0 aliphatic rings. The predicted octanol–water partition coefficient (Wildman–Crippen LogP) is 6.25. The van der Waals surface area contributed by atoms with Gasteiger partial charge in [-0.05, 0) is 65.8 Å². The quantitative estimate of drug-likeness (QED) is 0.232.